The molecule has 0 saturated heterocycles. The van der Waals surface area contributed by atoms with Gasteiger partial charge in [-0.3, -0.25) is 0 Å². The van der Waals surface area contributed by atoms with E-state index in [1.54, 1.807) is 0 Å². The Labute approximate surface area is 112 Å². The van der Waals surface area contributed by atoms with Crippen LogP contribution in [0.4, 0.5) is 0 Å². The fourth-order valence-corrected chi connectivity index (χ4v) is 1.84. The van der Waals surface area contributed by atoms with Crippen LogP contribution in [0.5, 0.6) is 0 Å². The zero-order valence-corrected chi connectivity index (χ0v) is 12.3. The quantitative estimate of drug-likeness (QED) is 0.799. The molecule has 0 radical (unpaired) electrons. The first-order chi connectivity index (χ1) is 8.29. The predicted octanol–water partition coefficient (Wildman–Crippen LogP) is 4.68. The molecular formula is C17H26O. The van der Waals surface area contributed by atoms with Gasteiger partial charge in [-0.25, -0.2) is 0 Å². The summed E-state index contributed by atoms with van der Waals surface area (Å²) in [6, 6.07) is 6.65. The first kappa shape index (κ1) is 15.0. The van der Waals surface area contributed by atoms with Crippen molar-refractivity contribution in [1.82, 2.24) is 0 Å². The molecule has 0 aliphatic rings. The van der Waals surface area contributed by atoms with E-state index in [0.717, 1.165) is 12.8 Å². The van der Waals surface area contributed by atoms with E-state index in [-0.39, 0.29) is 0 Å². The summed E-state index contributed by atoms with van der Waals surface area (Å²) in [6.07, 6.45) is 6.04. The first-order valence-corrected chi connectivity index (χ1v) is 6.79. The summed E-state index contributed by atoms with van der Waals surface area (Å²) in [7, 11) is 0. The fraction of sp³-hybridized carbons (Fsp3) is 0.529. The van der Waals surface area contributed by atoms with Crippen molar-refractivity contribution in [2.75, 3.05) is 0 Å². The van der Waals surface area contributed by atoms with Gasteiger partial charge < -0.3 is 5.11 Å². The van der Waals surface area contributed by atoms with Crippen LogP contribution in [-0.4, -0.2) is 10.7 Å². The first-order valence-electron chi connectivity index (χ1n) is 6.79. The number of aliphatic hydroxyl groups is 1. The van der Waals surface area contributed by atoms with Crippen LogP contribution in [0.1, 0.15) is 63.1 Å². The minimum Gasteiger partial charge on any atom is -0.390 e. The molecule has 0 bridgehead atoms. The van der Waals surface area contributed by atoms with Crippen LogP contribution in [0.3, 0.4) is 0 Å². The zero-order valence-electron chi connectivity index (χ0n) is 12.3. The second kappa shape index (κ2) is 6.19. The van der Waals surface area contributed by atoms with Crippen LogP contribution in [0, 0.1) is 6.92 Å². The summed E-state index contributed by atoms with van der Waals surface area (Å²) < 4.78 is 0. The number of allylic oxidation sites excluding steroid dienone is 1. The monoisotopic (exact) mass is 246 g/mol. The van der Waals surface area contributed by atoms with E-state index < -0.39 is 5.60 Å². The van der Waals surface area contributed by atoms with Crippen molar-refractivity contribution in [3.05, 3.63) is 41.0 Å². The molecule has 1 aromatic rings. The number of hydrogen-bond donors (Lipinski definition) is 1. The average Bonchev–Trinajstić information content (AvgIpc) is 2.24. The largest absolute Gasteiger partial charge is 0.390 e. The molecule has 18 heavy (non-hydrogen) atoms. The second-order valence-corrected chi connectivity index (χ2v) is 6.02. The van der Waals surface area contributed by atoms with Crippen LogP contribution in [-0.2, 0) is 0 Å². The Morgan fingerprint density at radius 1 is 1.28 bits per heavy atom. The Balaban J connectivity index is 2.71. The van der Waals surface area contributed by atoms with E-state index in [1.807, 2.05) is 13.8 Å². The van der Waals surface area contributed by atoms with Crippen molar-refractivity contribution < 1.29 is 5.11 Å². The summed E-state index contributed by atoms with van der Waals surface area (Å²) in [5.41, 5.74) is 3.40. The van der Waals surface area contributed by atoms with Crippen molar-refractivity contribution in [2.45, 2.75) is 59.0 Å². The molecule has 0 unspecified atom stereocenters. The highest BCUT2D eigenvalue weighted by Gasteiger charge is 2.09. The second-order valence-electron chi connectivity index (χ2n) is 6.02. The molecule has 0 aromatic heterocycles. The third-order valence-corrected chi connectivity index (χ3v) is 3.19. The lowest BCUT2D eigenvalue weighted by molar-refractivity contribution is 0.0722. The van der Waals surface area contributed by atoms with Crippen LogP contribution in [0.25, 0.3) is 6.08 Å². The van der Waals surface area contributed by atoms with Gasteiger partial charge in [0.15, 0.2) is 0 Å². The van der Waals surface area contributed by atoms with E-state index in [1.165, 1.54) is 16.7 Å². The minimum absolute atomic E-state index is 0.564. The molecule has 1 aromatic carbocycles. The topological polar surface area (TPSA) is 20.2 Å². The van der Waals surface area contributed by atoms with Crippen molar-refractivity contribution in [3.63, 3.8) is 0 Å². The van der Waals surface area contributed by atoms with Crippen LogP contribution in [0.15, 0.2) is 24.3 Å². The van der Waals surface area contributed by atoms with Crippen LogP contribution < -0.4 is 0 Å². The minimum atomic E-state index is -0.570. The van der Waals surface area contributed by atoms with Crippen molar-refractivity contribution >= 4 is 6.08 Å². The summed E-state index contributed by atoms with van der Waals surface area (Å²) in [6.45, 7) is 10.3. The smallest absolute Gasteiger partial charge is 0.0594 e. The zero-order chi connectivity index (χ0) is 13.8. The van der Waals surface area contributed by atoms with Gasteiger partial charge in [0.25, 0.3) is 0 Å². The van der Waals surface area contributed by atoms with E-state index in [9.17, 15) is 5.11 Å². The molecule has 1 nitrogen and oxygen atoms in total. The summed E-state index contributed by atoms with van der Waals surface area (Å²) in [4.78, 5) is 0. The van der Waals surface area contributed by atoms with Gasteiger partial charge in [-0.1, -0.05) is 44.2 Å². The van der Waals surface area contributed by atoms with Gasteiger partial charge in [0, 0.05) is 0 Å². The van der Waals surface area contributed by atoms with Gasteiger partial charge in [-0.15, -0.1) is 0 Å². The predicted molar refractivity (Wildman–Crippen MR) is 79.8 cm³/mol. The molecule has 0 aliphatic carbocycles. The van der Waals surface area contributed by atoms with E-state index in [2.05, 4.69) is 51.1 Å². The van der Waals surface area contributed by atoms with E-state index >= 15 is 0 Å². The number of benzene rings is 1. The standard InChI is InChI=1S/C17H26O/c1-13(2)15-10-9-14(3)16(12-15)8-6-7-11-17(4,5)18/h6,8-10,12-13,18H,7,11H2,1-5H3/b8-6+. The van der Waals surface area contributed by atoms with Crippen molar-refractivity contribution in [2.24, 2.45) is 0 Å². The van der Waals surface area contributed by atoms with Gasteiger partial charge in [-0.2, -0.15) is 0 Å². The Morgan fingerprint density at radius 3 is 2.50 bits per heavy atom. The average molecular weight is 246 g/mol. The summed E-state index contributed by atoms with van der Waals surface area (Å²) in [5.74, 6) is 0.564. The third kappa shape index (κ3) is 5.05. The van der Waals surface area contributed by atoms with Crippen LogP contribution in [0.2, 0.25) is 0 Å². The van der Waals surface area contributed by atoms with Crippen LogP contribution >= 0.6 is 0 Å². The number of rotatable bonds is 5. The Hall–Kier alpha value is -1.08. The SMILES string of the molecule is Cc1ccc(C(C)C)cc1/C=C/CCC(C)(C)O. The van der Waals surface area contributed by atoms with Crippen molar-refractivity contribution in [1.29, 1.82) is 0 Å². The Morgan fingerprint density at radius 2 is 1.94 bits per heavy atom. The van der Waals surface area contributed by atoms with E-state index in [4.69, 9.17) is 0 Å². The van der Waals surface area contributed by atoms with Crippen molar-refractivity contribution in [3.8, 4) is 0 Å². The highest BCUT2D eigenvalue weighted by Crippen LogP contribution is 2.20. The lowest BCUT2D eigenvalue weighted by Crippen LogP contribution is -2.17. The Bertz CT molecular complexity index is 408. The molecule has 0 aliphatic heterocycles. The molecule has 100 valence electrons. The maximum absolute atomic E-state index is 9.65. The van der Waals surface area contributed by atoms with Gasteiger partial charge in [0.05, 0.1) is 5.60 Å². The van der Waals surface area contributed by atoms with Gasteiger partial charge >= 0.3 is 0 Å². The molecule has 0 saturated carbocycles. The maximum Gasteiger partial charge on any atom is 0.0594 e. The molecule has 0 fully saturated rings. The number of hydrogen-bond acceptors (Lipinski definition) is 1. The molecule has 0 heterocycles. The van der Waals surface area contributed by atoms with E-state index in [0.29, 0.717) is 5.92 Å². The lowest BCUT2D eigenvalue weighted by Gasteiger charge is -2.15. The van der Waals surface area contributed by atoms with Gasteiger partial charge in [0.2, 0.25) is 0 Å². The maximum atomic E-state index is 9.65. The molecular weight excluding hydrogens is 220 g/mol. The lowest BCUT2D eigenvalue weighted by atomic mass is 9.97. The molecule has 1 N–H and O–H groups in total. The molecule has 0 atom stereocenters. The third-order valence-electron chi connectivity index (χ3n) is 3.19. The number of aryl methyl sites for hydroxylation is 1. The normalized spacial score (nSPS) is 12.6. The summed E-state index contributed by atoms with van der Waals surface area (Å²) in [5, 5.41) is 9.65. The van der Waals surface area contributed by atoms with Gasteiger partial charge in [-0.05, 0) is 56.2 Å². The van der Waals surface area contributed by atoms with Gasteiger partial charge in [0.1, 0.15) is 0 Å². The molecule has 0 spiro atoms. The highest BCUT2D eigenvalue weighted by atomic mass is 16.3. The Kier molecular flexibility index (Phi) is 5.15. The molecule has 1 heteroatoms. The summed E-state index contributed by atoms with van der Waals surface area (Å²) >= 11 is 0. The highest BCUT2D eigenvalue weighted by molar-refractivity contribution is 5.55. The molecule has 0 amide bonds. The molecule has 1 rings (SSSR count). The fourth-order valence-electron chi connectivity index (χ4n) is 1.84.